The van der Waals surface area contributed by atoms with E-state index in [4.69, 9.17) is 4.74 Å². The Morgan fingerprint density at radius 3 is 2.55 bits per heavy atom. The summed E-state index contributed by atoms with van der Waals surface area (Å²) in [6, 6.07) is 9.10. The molecule has 0 aliphatic heterocycles. The molecule has 0 spiro atoms. The van der Waals surface area contributed by atoms with E-state index in [9.17, 15) is 18.0 Å². The third-order valence-electron chi connectivity index (χ3n) is 2.76. The van der Waals surface area contributed by atoms with Gasteiger partial charge in [-0.05, 0) is 24.3 Å². The zero-order valence-corrected chi connectivity index (χ0v) is 11.5. The van der Waals surface area contributed by atoms with Gasteiger partial charge in [-0.15, -0.1) is 0 Å². The minimum Gasteiger partial charge on any atom is -0.494 e. The number of methoxy groups -OCH3 is 1. The van der Waals surface area contributed by atoms with Crippen molar-refractivity contribution in [2.24, 2.45) is 0 Å². The number of para-hydroxylation sites is 1. The van der Waals surface area contributed by atoms with Gasteiger partial charge in [0, 0.05) is 6.07 Å². The Morgan fingerprint density at radius 2 is 1.86 bits per heavy atom. The Hall–Kier alpha value is -2.70. The Balaban J connectivity index is 2.26. The number of benzene rings is 2. The molecule has 116 valence electrons. The highest BCUT2D eigenvalue weighted by Crippen LogP contribution is 2.27. The molecule has 0 bridgehead atoms. The molecule has 0 unspecified atom stereocenters. The van der Waals surface area contributed by atoms with Gasteiger partial charge in [-0.2, -0.15) is 8.78 Å². The van der Waals surface area contributed by atoms with Crippen LogP contribution in [0.3, 0.4) is 0 Å². The molecule has 2 aromatic rings. The van der Waals surface area contributed by atoms with Gasteiger partial charge in [0.05, 0.1) is 18.4 Å². The number of halogens is 3. The van der Waals surface area contributed by atoms with Gasteiger partial charge in [-0.1, -0.05) is 12.1 Å². The molecular weight excluding hydrogens is 299 g/mol. The summed E-state index contributed by atoms with van der Waals surface area (Å²) in [4.78, 5) is 12.2. The fourth-order valence-electron chi connectivity index (χ4n) is 1.81. The van der Waals surface area contributed by atoms with Gasteiger partial charge >= 0.3 is 6.61 Å². The molecule has 7 heteroatoms. The van der Waals surface area contributed by atoms with E-state index in [1.54, 1.807) is 0 Å². The highest BCUT2D eigenvalue weighted by atomic mass is 19.3. The lowest BCUT2D eigenvalue weighted by molar-refractivity contribution is -0.0501. The molecule has 4 nitrogen and oxygen atoms in total. The number of anilines is 1. The summed E-state index contributed by atoms with van der Waals surface area (Å²) in [6.07, 6.45) is 0. The van der Waals surface area contributed by atoms with E-state index in [-0.39, 0.29) is 22.7 Å². The molecule has 22 heavy (non-hydrogen) atoms. The summed E-state index contributed by atoms with van der Waals surface area (Å²) in [6.45, 7) is -3.05. The molecular formula is C15H12F3NO3. The number of ether oxygens (including phenoxy) is 2. The van der Waals surface area contributed by atoms with Crippen molar-refractivity contribution in [1.29, 1.82) is 0 Å². The molecule has 0 fully saturated rings. The van der Waals surface area contributed by atoms with Crippen LogP contribution < -0.4 is 14.8 Å². The first-order valence-corrected chi connectivity index (χ1v) is 6.20. The molecule has 0 saturated heterocycles. The number of hydrogen-bond donors (Lipinski definition) is 1. The van der Waals surface area contributed by atoms with Crippen LogP contribution in [0.2, 0.25) is 0 Å². The van der Waals surface area contributed by atoms with Crippen molar-refractivity contribution in [2.45, 2.75) is 6.61 Å². The molecule has 0 radical (unpaired) electrons. The predicted molar refractivity (Wildman–Crippen MR) is 74.0 cm³/mol. The molecule has 2 rings (SSSR count). The summed E-state index contributed by atoms with van der Waals surface area (Å²) in [5.74, 6) is -1.35. The van der Waals surface area contributed by atoms with Crippen LogP contribution in [0.4, 0.5) is 18.9 Å². The van der Waals surface area contributed by atoms with E-state index in [1.807, 2.05) is 0 Å². The second-order valence-corrected chi connectivity index (χ2v) is 4.17. The number of rotatable bonds is 5. The molecule has 1 amide bonds. The van der Waals surface area contributed by atoms with Crippen molar-refractivity contribution in [3.63, 3.8) is 0 Å². The minimum absolute atomic E-state index is 0.0748. The van der Waals surface area contributed by atoms with Crippen molar-refractivity contribution < 1.29 is 27.4 Å². The quantitative estimate of drug-likeness (QED) is 0.916. The third kappa shape index (κ3) is 3.69. The Bertz CT molecular complexity index is 677. The Morgan fingerprint density at radius 1 is 1.14 bits per heavy atom. The van der Waals surface area contributed by atoms with Crippen molar-refractivity contribution >= 4 is 11.6 Å². The second-order valence-electron chi connectivity index (χ2n) is 4.17. The maximum atomic E-state index is 13.1. The van der Waals surface area contributed by atoms with E-state index >= 15 is 0 Å². The second kappa shape index (κ2) is 6.84. The number of hydrogen-bond acceptors (Lipinski definition) is 3. The van der Waals surface area contributed by atoms with Gasteiger partial charge in [0.2, 0.25) is 0 Å². The van der Waals surface area contributed by atoms with Crippen LogP contribution in [0.1, 0.15) is 10.4 Å². The largest absolute Gasteiger partial charge is 0.494 e. The lowest BCUT2D eigenvalue weighted by Gasteiger charge is -2.13. The smallest absolute Gasteiger partial charge is 0.387 e. The maximum Gasteiger partial charge on any atom is 0.387 e. The van der Waals surface area contributed by atoms with Crippen LogP contribution in [-0.4, -0.2) is 19.6 Å². The Kier molecular flexibility index (Phi) is 4.88. The summed E-state index contributed by atoms with van der Waals surface area (Å²) < 4.78 is 47.0. The zero-order valence-electron chi connectivity index (χ0n) is 11.5. The van der Waals surface area contributed by atoms with E-state index < -0.39 is 18.3 Å². The van der Waals surface area contributed by atoms with E-state index in [2.05, 4.69) is 10.1 Å². The summed E-state index contributed by atoms with van der Waals surface area (Å²) in [5, 5.41) is 2.46. The lowest BCUT2D eigenvalue weighted by Crippen LogP contribution is -2.15. The van der Waals surface area contributed by atoms with Gasteiger partial charge in [0.1, 0.15) is 17.3 Å². The number of carbonyl (C=O) groups excluding carboxylic acids is 1. The van der Waals surface area contributed by atoms with Crippen molar-refractivity contribution in [3.05, 3.63) is 53.8 Å². The van der Waals surface area contributed by atoms with Crippen molar-refractivity contribution in [3.8, 4) is 11.5 Å². The maximum absolute atomic E-state index is 13.1. The first-order valence-electron chi connectivity index (χ1n) is 6.20. The first-order chi connectivity index (χ1) is 10.5. The summed E-state index contributed by atoms with van der Waals surface area (Å²) >= 11 is 0. The van der Waals surface area contributed by atoms with Gasteiger partial charge in [-0.3, -0.25) is 4.79 Å². The molecule has 0 atom stereocenters. The monoisotopic (exact) mass is 311 g/mol. The van der Waals surface area contributed by atoms with E-state index in [0.29, 0.717) is 0 Å². The van der Waals surface area contributed by atoms with Gasteiger partial charge in [-0.25, -0.2) is 4.39 Å². The van der Waals surface area contributed by atoms with Crippen LogP contribution >= 0.6 is 0 Å². The number of carbonyl (C=O) groups is 1. The fraction of sp³-hybridized carbons (Fsp3) is 0.133. The lowest BCUT2D eigenvalue weighted by atomic mass is 10.2. The zero-order chi connectivity index (χ0) is 16.1. The average Bonchev–Trinajstić information content (AvgIpc) is 2.48. The Labute approximate surface area is 124 Å². The highest BCUT2D eigenvalue weighted by Gasteiger charge is 2.17. The van der Waals surface area contributed by atoms with Gasteiger partial charge < -0.3 is 14.8 Å². The first kappa shape index (κ1) is 15.7. The predicted octanol–water partition coefficient (Wildman–Crippen LogP) is 3.69. The summed E-state index contributed by atoms with van der Waals surface area (Å²) in [7, 11) is 1.32. The molecule has 0 heterocycles. The van der Waals surface area contributed by atoms with Crippen LogP contribution in [0, 0.1) is 5.82 Å². The number of nitrogens with one attached hydrogen (secondary N) is 1. The van der Waals surface area contributed by atoms with Crippen molar-refractivity contribution in [2.75, 3.05) is 12.4 Å². The fourth-order valence-corrected chi connectivity index (χ4v) is 1.81. The van der Waals surface area contributed by atoms with E-state index in [0.717, 1.165) is 12.1 Å². The van der Waals surface area contributed by atoms with Crippen LogP contribution in [-0.2, 0) is 0 Å². The van der Waals surface area contributed by atoms with Crippen LogP contribution in [0.15, 0.2) is 42.5 Å². The summed E-state index contributed by atoms with van der Waals surface area (Å²) in [5.41, 5.74) is 0.134. The van der Waals surface area contributed by atoms with Crippen LogP contribution in [0.5, 0.6) is 11.5 Å². The highest BCUT2D eigenvalue weighted by molar-refractivity contribution is 6.06. The SMILES string of the molecule is COc1cc(F)ccc1NC(=O)c1ccccc1OC(F)F. The number of alkyl halides is 2. The molecule has 0 saturated carbocycles. The third-order valence-corrected chi connectivity index (χ3v) is 2.76. The molecule has 1 N–H and O–H groups in total. The standard InChI is InChI=1S/C15H12F3NO3/c1-21-13-8-9(16)6-7-11(13)19-14(20)10-4-2-3-5-12(10)22-15(17)18/h2-8,15H,1H3,(H,19,20). The molecule has 0 aromatic heterocycles. The molecule has 0 aliphatic rings. The normalized spacial score (nSPS) is 10.4. The van der Waals surface area contributed by atoms with Crippen LogP contribution in [0.25, 0.3) is 0 Å². The molecule has 2 aromatic carbocycles. The van der Waals surface area contributed by atoms with E-state index in [1.165, 1.54) is 37.4 Å². The molecule has 0 aliphatic carbocycles. The van der Waals surface area contributed by atoms with Gasteiger partial charge in [0.25, 0.3) is 5.91 Å². The van der Waals surface area contributed by atoms with Gasteiger partial charge in [0.15, 0.2) is 0 Å². The number of amides is 1. The topological polar surface area (TPSA) is 47.6 Å². The minimum atomic E-state index is -3.05. The van der Waals surface area contributed by atoms with Crippen molar-refractivity contribution in [1.82, 2.24) is 0 Å². The average molecular weight is 311 g/mol.